The van der Waals surface area contributed by atoms with E-state index in [1.807, 2.05) is 53.2 Å². The fourth-order valence-electron chi connectivity index (χ4n) is 3.63. The monoisotopic (exact) mass is 382 g/mol. The Balaban J connectivity index is 1.80. The van der Waals surface area contributed by atoms with Crippen molar-refractivity contribution in [2.75, 3.05) is 12.0 Å². The number of amides is 1. The largest absolute Gasteiger partial charge is 0.497 e. The SMILES string of the molecule is COc1ccc([C@@H]2C[C@@H](c3ccc(Cl)cc3)n3ncnc3N2C(C)=O)cc1. The van der Waals surface area contributed by atoms with Crippen LogP contribution in [0.4, 0.5) is 5.95 Å². The summed E-state index contributed by atoms with van der Waals surface area (Å²) in [5.74, 6) is 1.26. The van der Waals surface area contributed by atoms with Crippen LogP contribution in [0, 0.1) is 0 Å². The number of hydrogen-bond acceptors (Lipinski definition) is 4. The number of fused-ring (bicyclic) bond motifs is 1. The summed E-state index contributed by atoms with van der Waals surface area (Å²) in [4.78, 5) is 18.5. The van der Waals surface area contributed by atoms with Gasteiger partial charge in [0.05, 0.1) is 19.2 Å². The molecular formula is C20H19ClN4O2. The van der Waals surface area contributed by atoms with Crippen LogP contribution in [-0.4, -0.2) is 27.8 Å². The first-order chi connectivity index (χ1) is 13.1. The van der Waals surface area contributed by atoms with E-state index in [4.69, 9.17) is 16.3 Å². The van der Waals surface area contributed by atoms with Gasteiger partial charge in [-0.1, -0.05) is 35.9 Å². The van der Waals surface area contributed by atoms with Gasteiger partial charge < -0.3 is 4.74 Å². The van der Waals surface area contributed by atoms with Crippen LogP contribution < -0.4 is 9.64 Å². The Labute approximate surface area is 162 Å². The Morgan fingerprint density at radius 1 is 1.07 bits per heavy atom. The summed E-state index contributed by atoms with van der Waals surface area (Å²) in [6.07, 6.45) is 2.18. The predicted octanol–water partition coefficient (Wildman–Crippen LogP) is 4.03. The highest BCUT2D eigenvalue weighted by Gasteiger charge is 2.38. The van der Waals surface area contributed by atoms with Gasteiger partial charge in [0, 0.05) is 11.9 Å². The third-order valence-corrected chi connectivity index (χ3v) is 5.17. The minimum atomic E-state index is -0.147. The number of methoxy groups -OCH3 is 1. The molecule has 27 heavy (non-hydrogen) atoms. The number of carbonyl (C=O) groups is 1. The van der Waals surface area contributed by atoms with Crippen LogP contribution in [0.25, 0.3) is 0 Å². The molecule has 0 unspecified atom stereocenters. The van der Waals surface area contributed by atoms with Crippen molar-refractivity contribution < 1.29 is 9.53 Å². The van der Waals surface area contributed by atoms with Crippen molar-refractivity contribution in [3.63, 3.8) is 0 Å². The van der Waals surface area contributed by atoms with E-state index < -0.39 is 0 Å². The Bertz CT molecular complexity index is 953. The lowest BCUT2D eigenvalue weighted by Gasteiger charge is -2.38. The Hall–Kier alpha value is -2.86. The van der Waals surface area contributed by atoms with E-state index in [2.05, 4.69) is 10.1 Å². The van der Waals surface area contributed by atoms with E-state index in [0.717, 1.165) is 16.9 Å². The molecule has 0 radical (unpaired) electrons. The van der Waals surface area contributed by atoms with Crippen molar-refractivity contribution in [3.8, 4) is 5.75 Å². The van der Waals surface area contributed by atoms with Crippen LogP contribution in [0.1, 0.15) is 36.6 Å². The lowest BCUT2D eigenvalue weighted by atomic mass is 9.92. The van der Waals surface area contributed by atoms with Crippen LogP contribution in [0.2, 0.25) is 5.02 Å². The summed E-state index contributed by atoms with van der Waals surface area (Å²) in [5.41, 5.74) is 2.10. The molecule has 0 saturated heterocycles. The second-order valence-corrected chi connectivity index (χ2v) is 6.92. The van der Waals surface area contributed by atoms with Crippen molar-refractivity contribution in [1.82, 2.24) is 14.8 Å². The van der Waals surface area contributed by atoms with Crippen LogP contribution in [-0.2, 0) is 4.79 Å². The molecule has 1 aliphatic rings. The van der Waals surface area contributed by atoms with Crippen molar-refractivity contribution >= 4 is 23.5 Å². The maximum absolute atomic E-state index is 12.5. The minimum Gasteiger partial charge on any atom is -0.497 e. The molecule has 1 amide bonds. The number of rotatable bonds is 3. The molecule has 6 nitrogen and oxygen atoms in total. The van der Waals surface area contributed by atoms with Gasteiger partial charge in [-0.25, -0.2) is 4.68 Å². The van der Waals surface area contributed by atoms with Crippen LogP contribution in [0.5, 0.6) is 5.75 Å². The van der Waals surface area contributed by atoms with Crippen molar-refractivity contribution in [2.24, 2.45) is 0 Å². The maximum Gasteiger partial charge on any atom is 0.231 e. The molecule has 7 heteroatoms. The average Bonchev–Trinajstić information content (AvgIpc) is 3.17. The third-order valence-electron chi connectivity index (χ3n) is 4.92. The third kappa shape index (κ3) is 3.17. The molecular weight excluding hydrogens is 364 g/mol. The highest BCUT2D eigenvalue weighted by Crippen LogP contribution is 2.42. The number of aromatic nitrogens is 3. The quantitative estimate of drug-likeness (QED) is 0.686. The van der Waals surface area contributed by atoms with Crippen LogP contribution >= 0.6 is 11.6 Å². The standard InChI is InChI=1S/C20H19ClN4O2/c1-13(26)24-18(14-5-9-17(27-2)10-6-14)11-19(25-20(24)22-12-23-25)15-3-7-16(21)8-4-15/h3-10,12,18-19H,11H2,1-2H3/t18-,19-/m0/s1. The van der Waals surface area contributed by atoms with Gasteiger partial charge in [-0.3, -0.25) is 9.69 Å². The van der Waals surface area contributed by atoms with E-state index in [9.17, 15) is 4.79 Å². The molecule has 1 aliphatic heterocycles. The average molecular weight is 383 g/mol. The lowest BCUT2D eigenvalue weighted by molar-refractivity contribution is -0.117. The second kappa shape index (κ2) is 7.04. The van der Waals surface area contributed by atoms with Gasteiger partial charge in [0.15, 0.2) is 0 Å². The molecule has 138 valence electrons. The summed E-state index contributed by atoms with van der Waals surface area (Å²) >= 11 is 6.05. The fraction of sp³-hybridized carbons (Fsp3) is 0.250. The number of carbonyl (C=O) groups excluding carboxylic acids is 1. The molecule has 0 N–H and O–H groups in total. The molecule has 0 bridgehead atoms. The summed E-state index contributed by atoms with van der Waals surface area (Å²) in [6.45, 7) is 1.55. The van der Waals surface area contributed by atoms with Gasteiger partial charge in [-0.2, -0.15) is 10.1 Å². The molecule has 0 saturated carbocycles. The number of hydrogen-bond donors (Lipinski definition) is 0. The van der Waals surface area contributed by atoms with Crippen LogP contribution in [0.3, 0.4) is 0 Å². The topological polar surface area (TPSA) is 60.2 Å². The van der Waals surface area contributed by atoms with Crippen LogP contribution in [0.15, 0.2) is 54.9 Å². The van der Waals surface area contributed by atoms with Crippen molar-refractivity contribution in [1.29, 1.82) is 0 Å². The molecule has 0 spiro atoms. The fourth-order valence-corrected chi connectivity index (χ4v) is 3.75. The molecule has 2 heterocycles. The molecule has 3 aromatic rings. The van der Waals surface area contributed by atoms with E-state index in [1.54, 1.807) is 18.9 Å². The molecule has 2 atom stereocenters. The highest BCUT2D eigenvalue weighted by molar-refractivity contribution is 6.30. The van der Waals surface area contributed by atoms with Gasteiger partial charge >= 0.3 is 0 Å². The zero-order chi connectivity index (χ0) is 19.0. The molecule has 4 rings (SSSR count). The summed E-state index contributed by atoms with van der Waals surface area (Å²) in [6, 6.07) is 15.3. The number of anilines is 1. The Morgan fingerprint density at radius 3 is 2.33 bits per heavy atom. The van der Waals surface area contributed by atoms with E-state index in [1.165, 1.54) is 6.33 Å². The maximum atomic E-state index is 12.5. The number of ether oxygens (including phenoxy) is 1. The highest BCUT2D eigenvalue weighted by atomic mass is 35.5. The zero-order valence-electron chi connectivity index (χ0n) is 15.0. The Morgan fingerprint density at radius 2 is 1.70 bits per heavy atom. The molecule has 1 aromatic heterocycles. The van der Waals surface area contributed by atoms with Gasteiger partial charge in [-0.05, 0) is 41.8 Å². The zero-order valence-corrected chi connectivity index (χ0v) is 15.8. The first-order valence-corrected chi connectivity index (χ1v) is 9.05. The van der Waals surface area contributed by atoms with Gasteiger partial charge in [0.25, 0.3) is 0 Å². The van der Waals surface area contributed by atoms with E-state index >= 15 is 0 Å². The van der Waals surface area contributed by atoms with Gasteiger partial charge in [-0.15, -0.1) is 0 Å². The number of benzene rings is 2. The molecule has 0 fully saturated rings. The van der Waals surface area contributed by atoms with Gasteiger partial charge in [0.2, 0.25) is 11.9 Å². The summed E-state index contributed by atoms with van der Waals surface area (Å²) in [5, 5.41) is 5.07. The van der Waals surface area contributed by atoms with E-state index in [-0.39, 0.29) is 18.0 Å². The first-order valence-electron chi connectivity index (χ1n) is 8.67. The second-order valence-electron chi connectivity index (χ2n) is 6.49. The first kappa shape index (κ1) is 17.5. The lowest BCUT2D eigenvalue weighted by Crippen LogP contribution is -2.41. The smallest absolute Gasteiger partial charge is 0.231 e. The normalized spacial score (nSPS) is 18.9. The van der Waals surface area contributed by atoms with E-state index in [0.29, 0.717) is 17.4 Å². The summed E-state index contributed by atoms with van der Waals surface area (Å²) < 4.78 is 7.07. The van der Waals surface area contributed by atoms with Gasteiger partial charge in [0.1, 0.15) is 12.1 Å². The molecule has 2 aromatic carbocycles. The molecule has 0 aliphatic carbocycles. The minimum absolute atomic E-state index is 0.0394. The number of nitrogens with zero attached hydrogens (tertiary/aromatic N) is 4. The van der Waals surface area contributed by atoms with Crippen molar-refractivity contribution in [3.05, 3.63) is 71.0 Å². The Kier molecular flexibility index (Phi) is 4.58. The van der Waals surface area contributed by atoms with Crippen molar-refractivity contribution in [2.45, 2.75) is 25.4 Å². The summed E-state index contributed by atoms with van der Waals surface area (Å²) in [7, 11) is 1.64. The predicted molar refractivity (Wildman–Crippen MR) is 103 cm³/mol. The number of halogens is 1.